The van der Waals surface area contributed by atoms with E-state index in [-0.39, 0.29) is 6.10 Å². The molecule has 0 aromatic carbocycles. The molecule has 0 bridgehead atoms. The third kappa shape index (κ3) is 3.30. The van der Waals surface area contributed by atoms with Gasteiger partial charge in [0.15, 0.2) is 0 Å². The average molecular weight is 195 g/mol. The second-order valence-electron chi connectivity index (χ2n) is 3.41. The van der Waals surface area contributed by atoms with Gasteiger partial charge in [0.05, 0.1) is 6.10 Å². The molecule has 0 spiro atoms. The van der Waals surface area contributed by atoms with E-state index in [4.69, 9.17) is 5.11 Å². The van der Waals surface area contributed by atoms with E-state index in [2.05, 4.69) is 22.2 Å². The molecule has 0 aliphatic heterocycles. The molecule has 0 saturated carbocycles. The number of anilines is 1. The van der Waals surface area contributed by atoms with Crippen LogP contribution in [-0.2, 0) is 6.42 Å². The van der Waals surface area contributed by atoms with Crippen molar-refractivity contribution in [1.29, 1.82) is 0 Å². The van der Waals surface area contributed by atoms with Gasteiger partial charge in [-0.25, -0.2) is 9.97 Å². The van der Waals surface area contributed by atoms with Crippen LogP contribution in [0.3, 0.4) is 0 Å². The second kappa shape index (κ2) is 4.91. The van der Waals surface area contributed by atoms with Gasteiger partial charge in [0.25, 0.3) is 0 Å². The summed E-state index contributed by atoms with van der Waals surface area (Å²) >= 11 is 0. The first-order valence-electron chi connectivity index (χ1n) is 4.88. The zero-order valence-electron chi connectivity index (χ0n) is 8.91. The van der Waals surface area contributed by atoms with Crippen molar-refractivity contribution in [3.8, 4) is 0 Å². The molecule has 1 heterocycles. The number of aliphatic hydroxyl groups excluding tert-OH is 1. The predicted molar refractivity (Wildman–Crippen MR) is 56.3 cm³/mol. The summed E-state index contributed by atoms with van der Waals surface area (Å²) in [4.78, 5) is 8.51. The van der Waals surface area contributed by atoms with Crippen LogP contribution in [0.4, 0.5) is 5.95 Å². The Morgan fingerprint density at radius 3 is 2.79 bits per heavy atom. The molecule has 1 aromatic rings. The maximum absolute atomic E-state index is 9.09. The lowest BCUT2D eigenvalue weighted by Gasteiger charge is -2.08. The summed E-state index contributed by atoms with van der Waals surface area (Å²) in [5, 5.41) is 12.1. The minimum absolute atomic E-state index is 0.385. The first-order chi connectivity index (χ1) is 6.61. The van der Waals surface area contributed by atoms with Gasteiger partial charge in [-0.2, -0.15) is 0 Å². The molecular weight excluding hydrogens is 178 g/mol. The van der Waals surface area contributed by atoms with Crippen LogP contribution in [0.25, 0.3) is 0 Å². The first kappa shape index (κ1) is 10.9. The summed E-state index contributed by atoms with van der Waals surface area (Å²) in [5.41, 5.74) is 1.97. The monoisotopic (exact) mass is 195 g/mol. The molecule has 0 radical (unpaired) electrons. The number of aliphatic hydroxyl groups is 1. The van der Waals surface area contributed by atoms with Gasteiger partial charge >= 0.3 is 0 Å². The van der Waals surface area contributed by atoms with E-state index in [0.717, 1.165) is 17.8 Å². The van der Waals surface area contributed by atoms with E-state index < -0.39 is 0 Å². The van der Waals surface area contributed by atoms with E-state index in [1.54, 1.807) is 6.92 Å². The number of hydrogen-bond donors (Lipinski definition) is 2. The molecule has 0 saturated heterocycles. The number of nitrogens with zero attached hydrogens (tertiary/aromatic N) is 2. The molecule has 78 valence electrons. The molecule has 0 fully saturated rings. The lowest BCUT2D eigenvalue weighted by Crippen LogP contribution is -2.17. The van der Waals surface area contributed by atoms with Crippen LogP contribution in [0.2, 0.25) is 0 Å². The fourth-order valence-electron chi connectivity index (χ4n) is 1.13. The van der Waals surface area contributed by atoms with Crippen molar-refractivity contribution in [3.63, 3.8) is 0 Å². The molecule has 4 heteroatoms. The molecule has 0 aliphatic carbocycles. The highest BCUT2D eigenvalue weighted by atomic mass is 16.3. The summed E-state index contributed by atoms with van der Waals surface area (Å²) in [5.74, 6) is 0.600. The topological polar surface area (TPSA) is 58.0 Å². The van der Waals surface area contributed by atoms with Crippen LogP contribution in [-0.4, -0.2) is 27.7 Å². The molecular formula is C10H17N3O. The smallest absolute Gasteiger partial charge is 0.223 e. The van der Waals surface area contributed by atoms with Gasteiger partial charge in [0.1, 0.15) is 0 Å². The predicted octanol–water partition coefficient (Wildman–Crippen LogP) is 1.14. The van der Waals surface area contributed by atoms with Gasteiger partial charge in [0, 0.05) is 17.9 Å². The summed E-state index contributed by atoms with van der Waals surface area (Å²) < 4.78 is 0. The highest BCUT2D eigenvalue weighted by molar-refractivity contribution is 5.28. The lowest BCUT2D eigenvalue weighted by atomic mass is 10.3. The number of aryl methyl sites for hydroxylation is 2. The van der Waals surface area contributed by atoms with Crippen LogP contribution >= 0.6 is 0 Å². The molecule has 2 N–H and O–H groups in total. The van der Waals surface area contributed by atoms with Crippen molar-refractivity contribution in [2.24, 2.45) is 0 Å². The minimum Gasteiger partial charge on any atom is -0.392 e. The van der Waals surface area contributed by atoms with Crippen molar-refractivity contribution < 1.29 is 5.11 Å². The Morgan fingerprint density at radius 2 is 2.21 bits per heavy atom. The molecule has 0 unspecified atom stereocenters. The summed E-state index contributed by atoms with van der Waals surface area (Å²) in [7, 11) is 0. The van der Waals surface area contributed by atoms with Crippen LogP contribution in [0.1, 0.15) is 25.2 Å². The van der Waals surface area contributed by atoms with Gasteiger partial charge in [-0.05, 0) is 26.3 Å². The minimum atomic E-state index is -0.385. The SMILES string of the molecule is CCc1cc(C)nc(NC[C@H](C)O)n1. The summed E-state index contributed by atoms with van der Waals surface area (Å²) in [6, 6.07) is 1.97. The number of nitrogens with one attached hydrogen (secondary N) is 1. The molecule has 4 nitrogen and oxygen atoms in total. The Balaban J connectivity index is 2.71. The van der Waals surface area contributed by atoms with Gasteiger partial charge in [-0.1, -0.05) is 6.92 Å². The van der Waals surface area contributed by atoms with Crippen molar-refractivity contribution in [2.75, 3.05) is 11.9 Å². The van der Waals surface area contributed by atoms with Gasteiger partial charge < -0.3 is 10.4 Å². The zero-order valence-corrected chi connectivity index (χ0v) is 8.91. The molecule has 1 atom stereocenters. The first-order valence-corrected chi connectivity index (χ1v) is 4.88. The standard InChI is InChI=1S/C10H17N3O/c1-4-9-5-7(2)12-10(13-9)11-6-8(3)14/h5,8,14H,4,6H2,1-3H3,(H,11,12,13)/t8-/m0/s1. The van der Waals surface area contributed by atoms with Crippen LogP contribution < -0.4 is 5.32 Å². The quantitative estimate of drug-likeness (QED) is 0.756. The van der Waals surface area contributed by atoms with Crippen molar-refractivity contribution in [3.05, 3.63) is 17.5 Å². The van der Waals surface area contributed by atoms with E-state index in [0.29, 0.717) is 12.5 Å². The molecule has 1 rings (SSSR count). The molecule has 0 amide bonds. The van der Waals surface area contributed by atoms with Crippen LogP contribution in [0.15, 0.2) is 6.07 Å². The largest absolute Gasteiger partial charge is 0.392 e. The Hall–Kier alpha value is -1.16. The van der Waals surface area contributed by atoms with Crippen LogP contribution in [0.5, 0.6) is 0 Å². The third-order valence-electron chi connectivity index (χ3n) is 1.83. The molecule has 0 aliphatic rings. The Bertz CT molecular complexity index is 299. The summed E-state index contributed by atoms with van der Waals surface area (Å²) in [6.45, 7) is 6.20. The van der Waals surface area contributed by atoms with Crippen molar-refractivity contribution >= 4 is 5.95 Å². The van der Waals surface area contributed by atoms with Gasteiger partial charge in [-0.3, -0.25) is 0 Å². The highest BCUT2D eigenvalue weighted by Crippen LogP contribution is 2.05. The highest BCUT2D eigenvalue weighted by Gasteiger charge is 2.01. The maximum Gasteiger partial charge on any atom is 0.223 e. The van der Waals surface area contributed by atoms with Gasteiger partial charge in [-0.15, -0.1) is 0 Å². The zero-order chi connectivity index (χ0) is 10.6. The summed E-state index contributed by atoms with van der Waals surface area (Å²) in [6.07, 6.45) is 0.511. The Kier molecular flexibility index (Phi) is 3.83. The van der Waals surface area contributed by atoms with Crippen molar-refractivity contribution in [2.45, 2.75) is 33.3 Å². The lowest BCUT2D eigenvalue weighted by molar-refractivity contribution is 0.208. The van der Waals surface area contributed by atoms with Gasteiger partial charge in [0.2, 0.25) is 5.95 Å². The number of rotatable bonds is 4. The van der Waals surface area contributed by atoms with E-state index in [9.17, 15) is 0 Å². The Labute approximate surface area is 84.4 Å². The Morgan fingerprint density at radius 1 is 1.50 bits per heavy atom. The average Bonchev–Trinajstić information content (AvgIpc) is 2.14. The maximum atomic E-state index is 9.09. The third-order valence-corrected chi connectivity index (χ3v) is 1.83. The molecule has 1 aromatic heterocycles. The fourth-order valence-corrected chi connectivity index (χ4v) is 1.13. The molecule has 14 heavy (non-hydrogen) atoms. The van der Waals surface area contributed by atoms with E-state index in [1.165, 1.54) is 0 Å². The fraction of sp³-hybridized carbons (Fsp3) is 0.600. The van der Waals surface area contributed by atoms with Crippen molar-refractivity contribution in [1.82, 2.24) is 9.97 Å². The number of aromatic nitrogens is 2. The normalized spacial score (nSPS) is 12.6. The second-order valence-corrected chi connectivity index (χ2v) is 3.41. The number of hydrogen-bond acceptors (Lipinski definition) is 4. The van der Waals surface area contributed by atoms with E-state index >= 15 is 0 Å². The van der Waals surface area contributed by atoms with Crippen LogP contribution in [0, 0.1) is 6.92 Å². The van der Waals surface area contributed by atoms with E-state index in [1.807, 2.05) is 13.0 Å².